The third-order valence-electron chi connectivity index (χ3n) is 14.7. The zero-order valence-corrected chi connectivity index (χ0v) is 27.9. The number of rotatable bonds is 5. The third-order valence-corrected chi connectivity index (χ3v) is 14.7. The van der Waals surface area contributed by atoms with Gasteiger partial charge in [0.2, 0.25) is 5.91 Å². The zero-order chi connectivity index (χ0) is 31.0. The first-order chi connectivity index (χ1) is 19.5. The molecule has 0 heterocycles. The molecule has 236 valence electrons. The Morgan fingerprint density at radius 2 is 1.52 bits per heavy atom. The van der Waals surface area contributed by atoms with E-state index in [1.165, 1.54) is 25.5 Å². The van der Waals surface area contributed by atoms with Crippen molar-refractivity contribution in [3.05, 3.63) is 12.2 Å². The Labute approximate surface area is 254 Å². The topological polar surface area (TPSA) is 72.9 Å². The molecule has 0 aromatic carbocycles. The average Bonchev–Trinajstić information content (AvgIpc) is 3.31. The van der Waals surface area contributed by atoms with Gasteiger partial charge in [-0.1, -0.05) is 46.8 Å². The Balaban J connectivity index is 1.50. The van der Waals surface area contributed by atoms with E-state index in [0.29, 0.717) is 23.7 Å². The monoisotopic (exact) mass is 583 g/mol. The summed E-state index contributed by atoms with van der Waals surface area (Å²) >= 11 is 0. The van der Waals surface area contributed by atoms with Crippen molar-refractivity contribution in [2.24, 2.45) is 56.7 Å². The summed E-state index contributed by atoms with van der Waals surface area (Å²) in [6, 6.07) is 0. The molecule has 6 nitrogen and oxygen atoms in total. The molecule has 5 saturated carbocycles. The lowest BCUT2D eigenvalue weighted by molar-refractivity contribution is -0.249. The van der Waals surface area contributed by atoms with Gasteiger partial charge < -0.3 is 14.4 Å². The summed E-state index contributed by atoms with van der Waals surface area (Å²) in [5, 5.41) is 0. The number of likely N-dealkylation sites (N-methyl/N-ethyl adjacent to an activating group) is 1. The highest BCUT2D eigenvalue weighted by Crippen LogP contribution is 2.77. The van der Waals surface area contributed by atoms with Crippen molar-refractivity contribution >= 4 is 17.8 Å². The van der Waals surface area contributed by atoms with Gasteiger partial charge in [0.15, 0.2) is 0 Å². The van der Waals surface area contributed by atoms with Gasteiger partial charge in [-0.3, -0.25) is 14.4 Å². The van der Waals surface area contributed by atoms with E-state index in [4.69, 9.17) is 9.47 Å². The van der Waals surface area contributed by atoms with Crippen molar-refractivity contribution < 1.29 is 23.9 Å². The van der Waals surface area contributed by atoms with Crippen LogP contribution in [0.1, 0.15) is 113 Å². The number of fused-ring (bicyclic) bond motifs is 7. The Kier molecular flexibility index (Phi) is 7.79. The molecule has 0 N–H and O–H groups in total. The van der Waals surface area contributed by atoms with Crippen LogP contribution in [0.15, 0.2) is 12.2 Å². The van der Waals surface area contributed by atoms with Gasteiger partial charge in [0.1, 0.15) is 12.6 Å². The number of amides is 1. The molecule has 10 atom stereocenters. The molecule has 0 aromatic heterocycles. The minimum atomic E-state index is -0.426. The van der Waals surface area contributed by atoms with E-state index >= 15 is 0 Å². The van der Waals surface area contributed by atoms with Gasteiger partial charge in [-0.2, -0.15) is 0 Å². The smallest absolute Gasteiger partial charge is 0.325 e. The fourth-order valence-electron chi connectivity index (χ4n) is 12.6. The van der Waals surface area contributed by atoms with Crippen LogP contribution < -0.4 is 0 Å². The SMILES string of the molecule is C=C(C)[C@@H]1CC[C@]2(C(=O)N(C)CC(=O)OC)CC[C@]3(C)[C@H](CCC4[C@@]5(C)CC[C@H](OC(C)=O)C(C)(C)[C@@H]5CC[C@]43C)[C@@H]12. The normalized spacial score (nSPS) is 45.4. The van der Waals surface area contributed by atoms with Crippen LogP contribution in [0.25, 0.3) is 0 Å². The first-order valence-electron chi connectivity index (χ1n) is 16.6. The Morgan fingerprint density at radius 3 is 2.14 bits per heavy atom. The number of methoxy groups -OCH3 is 1. The van der Waals surface area contributed by atoms with E-state index in [-0.39, 0.29) is 58.1 Å². The molecular formula is C36H57NO5. The van der Waals surface area contributed by atoms with Gasteiger partial charge in [-0.15, -0.1) is 0 Å². The van der Waals surface area contributed by atoms with Crippen LogP contribution in [0.5, 0.6) is 0 Å². The number of ether oxygens (including phenoxy) is 2. The van der Waals surface area contributed by atoms with Crippen molar-refractivity contribution in [2.45, 2.75) is 119 Å². The number of esters is 2. The van der Waals surface area contributed by atoms with Crippen LogP contribution >= 0.6 is 0 Å². The van der Waals surface area contributed by atoms with Crippen LogP contribution in [-0.4, -0.2) is 49.6 Å². The molecule has 0 radical (unpaired) electrons. The Bertz CT molecular complexity index is 1150. The summed E-state index contributed by atoms with van der Waals surface area (Å²) in [7, 11) is 3.17. The Morgan fingerprint density at radius 1 is 0.833 bits per heavy atom. The van der Waals surface area contributed by atoms with Crippen LogP contribution in [0.2, 0.25) is 0 Å². The van der Waals surface area contributed by atoms with Crippen LogP contribution in [0.3, 0.4) is 0 Å². The highest BCUT2D eigenvalue weighted by Gasteiger charge is 2.72. The number of hydrogen-bond acceptors (Lipinski definition) is 5. The summed E-state index contributed by atoms with van der Waals surface area (Å²) in [5.41, 5.74) is 1.26. The van der Waals surface area contributed by atoms with Crippen molar-refractivity contribution in [1.29, 1.82) is 0 Å². The fraction of sp³-hybridized carbons (Fsp3) is 0.861. The lowest BCUT2D eigenvalue weighted by Crippen LogP contribution is -2.67. The first kappa shape index (κ1) is 31.6. The predicted molar refractivity (Wildman–Crippen MR) is 164 cm³/mol. The van der Waals surface area contributed by atoms with Crippen molar-refractivity contribution in [3.63, 3.8) is 0 Å². The first-order valence-corrected chi connectivity index (χ1v) is 16.6. The van der Waals surface area contributed by atoms with E-state index in [9.17, 15) is 14.4 Å². The Hall–Kier alpha value is -1.85. The number of hydrogen-bond donors (Lipinski definition) is 0. The molecule has 5 fully saturated rings. The van der Waals surface area contributed by atoms with Gasteiger partial charge >= 0.3 is 11.9 Å². The fourth-order valence-corrected chi connectivity index (χ4v) is 12.6. The second-order valence-electron chi connectivity index (χ2n) is 16.5. The van der Waals surface area contributed by atoms with Crippen molar-refractivity contribution in [1.82, 2.24) is 4.90 Å². The van der Waals surface area contributed by atoms with Crippen LogP contribution in [0, 0.1) is 56.7 Å². The molecule has 1 unspecified atom stereocenters. The predicted octanol–water partition coefficient (Wildman–Crippen LogP) is 7.21. The summed E-state index contributed by atoms with van der Waals surface area (Å²) in [6.45, 7) is 20.6. The molecular weight excluding hydrogens is 526 g/mol. The molecule has 0 saturated heterocycles. The lowest BCUT2D eigenvalue weighted by atomic mass is 9.32. The standard InChI is InChI=1S/C36H57NO5/c1-22(2)24-13-18-36(31(40)37(9)21-29(39)41-10)20-19-34(7)25(30(24)36)11-12-27-33(6)16-15-28(42-23(3)38)32(4,5)26(33)14-17-35(27,34)8/h24-28,30H,1,11-21H2,2-10H3/t24-,25+,26-,27?,28-,30+,33-,34+,35+,36-/m0/s1. The number of carbonyl (C=O) groups excluding carboxylic acids is 3. The summed E-state index contributed by atoms with van der Waals surface area (Å²) in [5.74, 6) is 1.81. The van der Waals surface area contributed by atoms with Gasteiger partial charge in [0.05, 0.1) is 12.5 Å². The highest BCUT2D eigenvalue weighted by molar-refractivity contribution is 5.87. The van der Waals surface area contributed by atoms with Crippen molar-refractivity contribution in [2.75, 3.05) is 20.7 Å². The van der Waals surface area contributed by atoms with Crippen LogP contribution in [-0.2, 0) is 23.9 Å². The van der Waals surface area contributed by atoms with E-state index < -0.39 is 5.41 Å². The minimum absolute atomic E-state index is 0.00707. The maximum Gasteiger partial charge on any atom is 0.325 e. The largest absolute Gasteiger partial charge is 0.468 e. The molecule has 0 aliphatic heterocycles. The molecule has 5 rings (SSSR count). The number of nitrogens with zero attached hydrogens (tertiary/aromatic N) is 1. The molecule has 5 aliphatic carbocycles. The van der Waals surface area contributed by atoms with Gasteiger partial charge in [-0.25, -0.2) is 0 Å². The van der Waals surface area contributed by atoms with E-state index in [1.807, 2.05) is 0 Å². The second kappa shape index (κ2) is 10.4. The molecule has 0 bridgehead atoms. The molecule has 1 amide bonds. The lowest BCUT2D eigenvalue weighted by Gasteiger charge is -2.73. The quantitative estimate of drug-likeness (QED) is 0.253. The van der Waals surface area contributed by atoms with Gasteiger partial charge in [0.25, 0.3) is 0 Å². The van der Waals surface area contributed by atoms with Gasteiger partial charge in [0, 0.05) is 19.4 Å². The highest BCUT2D eigenvalue weighted by atomic mass is 16.5. The zero-order valence-electron chi connectivity index (χ0n) is 27.9. The minimum Gasteiger partial charge on any atom is -0.468 e. The van der Waals surface area contributed by atoms with Crippen molar-refractivity contribution in [3.8, 4) is 0 Å². The molecule has 6 heteroatoms. The molecule has 5 aliphatic rings. The summed E-state index contributed by atoms with van der Waals surface area (Å²) in [6.07, 6.45) is 10.6. The molecule has 42 heavy (non-hydrogen) atoms. The van der Waals surface area contributed by atoms with E-state index in [0.717, 1.165) is 51.4 Å². The molecule has 0 spiro atoms. The second-order valence-corrected chi connectivity index (χ2v) is 16.5. The maximum atomic E-state index is 14.3. The molecule has 0 aromatic rings. The van der Waals surface area contributed by atoms with Crippen LogP contribution in [0.4, 0.5) is 0 Å². The van der Waals surface area contributed by atoms with Gasteiger partial charge in [-0.05, 0) is 117 Å². The summed E-state index contributed by atoms with van der Waals surface area (Å²) in [4.78, 5) is 40.1. The number of allylic oxidation sites excluding steroid dienone is 1. The maximum absolute atomic E-state index is 14.3. The van der Waals surface area contributed by atoms with E-state index in [2.05, 4.69) is 48.1 Å². The summed E-state index contributed by atoms with van der Waals surface area (Å²) < 4.78 is 10.8. The average molecular weight is 584 g/mol. The third kappa shape index (κ3) is 4.26. The van der Waals surface area contributed by atoms with E-state index in [1.54, 1.807) is 18.9 Å². The number of carbonyl (C=O) groups is 3.